The van der Waals surface area contributed by atoms with Gasteiger partial charge in [0.25, 0.3) is 0 Å². The molecule has 1 rings (SSSR count). The van der Waals surface area contributed by atoms with Crippen molar-refractivity contribution in [2.45, 2.75) is 19.4 Å². The Bertz CT molecular complexity index is 333. The Hall–Kier alpha value is -1.36. The third kappa shape index (κ3) is 2.32. The van der Waals surface area contributed by atoms with E-state index in [1.807, 2.05) is 20.2 Å². The first-order chi connectivity index (χ1) is 6.54. The first-order valence-corrected chi connectivity index (χ1v) is 4.43. The van der Waals surface area contributed by atoms with Crippen molar-refractivity contribution >= 4 is 5.97 Å². The Labute approximate surface area is 82.7 Å². The minimum Gasteiger partial charge on any atom is -0.481 e. The van der Waals surface area contributed by atoms with Crippen LogP contribution in [0.2, 0.25) is 0 Å². The molecule has 1 aromatic heterocycles. The molecule has 0 saturated heterocycles. The Balaban J connectivity index is 2.88. The largest absolute Gasteiger partial charge is 0.481 e. The SMILES string of the molecule is CNC(CC(=O)O)c1cn(C)nc1C. The number of hydrogen-bond donors (Lipinski definition) is 2. The average molecular weight is 197 g/mol. The first kappa shape index (κ1) is 10.7. The summed E-state index contributed by atoms with van der Waals surface area (Å²) < 4.78 is 1.69. The Morgan fingerprint density at radius 1 is 1.79 bits per heavy atom. The van der Waals surface area contributed by atoms with E-state index in [4.69, 9.17) is 5.11 Å². The maximum Gasteiger partial charge on any atom is 0.305 e. The van der Waals surface area contributed by atoms with E-state index in [-0.39, 0.29) is 12.5 Å². The molecular weight excluding hydrogens is 182 g/mol. The number of nitrogens with one attached hydrogen (secondary N) is 1. The van der Waals surface area contributed by atoms with Crippen molar-refractivity contribution in [1.29, 1.82) is 0 Å². The van der Waals surface area contributed by atoms with Crippen LogP contribution in [-0.4, -0.2) is 27.9 Å². The van der Waals surface area contributed by atoms with Crippen molar-refractivity contribution in [2.24, 2.45) is 7.05 Å². The molecule has 0 radical (unpaired) electrons. The smallest absolute Gasteiger partial charge is 0.305 e. The minimum atomic E-state index is -0.812. The molecule has 1 atom stereocenters. The first-order valence-electron chi connectivity index (χ1n) is 4.43. The number of carboxylic acids is 1. The highest BCUT2D eigenvalue weighted by molar-refractivity contribution is 5.68. The molecule has 5 heteroatoms. The molecule has 0 saturated carbocycles. The standard InChI is InChI=1S/C9H15N3O2/c1-6-7(5-12(3)11-6)8(10-2)4-9(13)14/h5,8,10H,4H2,1-3H3,(H,13,14). The van der Waals surface area contributed by atoms with Crippen LogP contribution in [0.15, 0.2) is 6.20 Å². The fourth-order valence-corrected chi connectivity index (χ4v) is 1.50. The number of hydrogen-bond acceptors (Lipinski definition) is 3. The van der Waals surface area contributed by atoms with Crippen LogP contribution >= 0.6 is 0 Å². The van der Waals surface area contributed by atoms with Gasteiger partial charge in [-0.3, -0.25) is 9.48 Å². The third-order valence-electron chi connectivity index (χ3n) is 2.15. The zero-order valence-corrected chi connectivity index (χ0v) is 8.61. The summed E-state index contributed by atoms with van der Waals surface area (Å²) in [5.41, 5.74) is 1.81. The highest BCUT2D eigenvalue weighted by Gasteiger charge is 2.17. The predicted molar refractivity (Wildman–Crippen MR) is 52.0 cm³/mol. The summed E-state index contributed by atoms with van der Waals surface area (Å²) in [6.07, 6.45) is 1.92. The van der Waals surface area contributed by atoms with Crippen molar-refractivity contribution in [3.05, 3.63) is 17.5 Å². The second-order valence-corrected chi connectivity index (χ2v) is 3.28. The molecule has 0 fully saturated rings. The fourth-order valence-electron chi connectivity index (χ4n) is 1.50. The van der Waals surface area contributed by atoms with E-state index in [0.29, 0.717) is 0 Å². The number of carbonyl (C=O) groups is 1. The molecule has 5 nitrogen and oxygen atoms in total. The second kappa shape index (κ2) is 4.23. The predicted octanol–water partition coefficient (Wildman–Crippen LogP) is 0.464. The summed E-state index contributed by atoms with van der Waals surface area (Å²) in [5.74, 6) is -0.812. The van der Waals surface area contributed by atoms with E-state index >= 15 is 0 Å². The molecule has 0 aliphatic heterocycles. The van der Waals surface area contributed by atoms with Gasteiger partial charge in [0.1, 0.15) is 0 Å². The number of aromatic nitrogens is 2. The third-order valence-corrected chi connectivity index (χ3v) is 2.15. The quantitative estimate of drug-likeness (QED) is 0.736. The van der Waals surface area contributed by atoms with Gasteiger partial charge in [-0.15, -0.1) is 0 Å². The van der Waals surface area contributed by atoms with E-state index in [1.54, 1.807) is 11.7 Å². The number of aryl methyl sites for hydroxylation is 2. The summed E-state index contributed by atoms with van der Waals surface area (Å²) in [5, 5.41) is 15.8. The summed E-state index contributed by atoms with van der Waals surface area (Å²) in [4.78, 5) is 10.6. The van der Waals surface area contributed by atoms with Gasteiger partial charge in [-0.1, -0.05) is 0 Å². The lowest BCUT2D eigenvalue weighted by Gasteiger charge is -2.12. The van der Waals surface area contributed by atoms with Gasteiger partial charge in [0.2, 0.25) is 0 Å². The Morgan fingerprint density at radius 2 is 2.43 bits per heavy atom. The Kier molecular flexibility index (Phi) is 3.24. The van der Waals surface area contributed by atoms with Crippen molar-refractivity contribution in [3.63, 3.8) is 0 Å². The van der Waals surface area contributed by atoms with Crippen LogP contribution in [0.25, 0.3) is 0 Å². The topological polar surface area (TPSA) is 67.2 Å². The highest BCUT2D eigenvalue weighted by atomic mass is 16.4. The molecule has 0 bridgehead atoms. The van der Waals surface area contributed by atoms with Gasteiger partial charge >= 0.3 is 5.97 Å². The van der Waals surface area contributed by atoms with E-state index in [2.05, 4.69) is 10.4 Å². The van der Waals surface area contributed by atoms with Gasteiger partial charge in [0.15, 0.2) is 0 Å². The molecule has 0 aliphatic rings. The van der Waals surface area contributed by atoms with Crippen LogP contribution in [0.3, 0.4) is 0 Å². The number of rotatable bonds is 4. The van der Waals surface area contributed by atoms with E-state index < -0.39 is 5.97 Å². The lowest BCUT2D eigenvalue weighted by atomic mass is 10.1. The van der Waals surface area contributed by atoms with E-state index in [0.717, 1.165) is 11.3 Å². The van der Waals surface area contributed by atoms with Crippen molar-refractivity contribution in [1.82, 2.24) is 15.1 Å². The maximum absolute atomic E-state index is 10.6. The minimum absolute atomic E-state index is 0.0725. The molecule has 0 spiro atoms. The number of aliphatic carboxylic acids is 1. The number of nitrogens with zero attached hydrogens (tertiary/aromatic N) is 2. The van der Waals surface area contributed by atoms with Gasteiger partial charge in [0, 0.05) is 24.8 Å². The maximum atomic E-state index is 10.6. The van der Waals surface area contributed by atoms with Gasteiger partial charge in [-0.2, -0.15) is 5.10 Å². The van der Waals surface area contributed by atoms with Crippen LogP contribution in [0, 0.1) is 6.92 Å². The van der Waals surface area contributed by atoms with Gasteiger partial charge in [-0.05, 0) is 14.0 Å². The number of carboxylic acid groups (broad SMARTS) is 1. The fraction of sp³-hybridized carbons (Fsp3) is 0.556. The van der Waals surface area contributed by atoms with Crippen LogP contribution in [-0.2, 0) is 11.8 Å². The molecule has 1 heterocycles. The van der Waals surface area contributed by atoms with E-state index in [1.165, 1.54) is 0 Å². The average Bonchev–Trinajstić information content (AvgIpc) is 2.41. The van der Waals surface area contributed by atoms with Crippen LogP contribution < -0.4 is 5.32 Å². The van der Waals surface area contributed by atoms with Crippen molar-refractivity contribution in [3.8, 4) is 0 Å². The van der Waals surface area contributed by atoms with Crippen molar-refractivity contribution < 1.29 is 9.90 Å². The second-order valence-electron chi connectivity index (χ2n) is 3.28. The van der Waals surface area contributed by atoms with Crippen LogP contribution in [0.4, 0.5) is 0 Å². The molecule has 0 aromatic carbocycles. The van der Waals surface area contributed by atoms with Gasteiger partial charge in [-0.25, -0.2) is 0 Å². The molecule has 0 amide bonds. The van der Waals surface area contributed by atoms with Gasteiger partial charge in [0.05, 0.1) is 12.1 Å². The monoisotopic (exact) mass is 197 g/mol. The zero-order valence-electron chi connectivity index (χ0n) is 8.61. The molecule has 1 aromatic rings. The van der Waals surface area contributed by atoms with Crippen molar-refractivity contribution in [2.75, 3.05) is 7.05 Å². The summed E-state index contributed by atoms with van der Waals surface area (Å²) >= 11 is 0. The summed E-state index contributed by atoms with van der Waals surface area (Å²) in [7, 11) is 3.57. The van der Waals surface area contributed by atoms with Crippen LogP contribution in [0.1, 0.15) is 23.7 Å². The Morgan fingerprint density at radius 3 is 2.79 bits per heavy atom. The molecular formula is C9H15N3O2. The molecule has 78 valence electrons. The highest BCUT2D eigenvalue weighted by Crippen LogP contribution is 2.18. The van der Waals surface area contributed by atoms with Crippen LogP contribution in [0.5, 0.6) is 0 Å². The lowest BCUT2D eigenvalue weighted by molar-refractivity contribution is -0.137. The normalized spacial score (nSPS) is 12.8. The molecule has 1 unspecified atom stereocenters. The zero-order chi connectivity index (χ0) is 10.7. The van der Waals surface area contributed by atoms with Gasteiger partial charge < -0.3 is 10.4 Å². The lowest BCUT2D eigenvalue weighted by Crippen LogP contribution is -2.20. The van der Waals surface area contributed by atoms with E-state index in [9.17, 15) is 4.79 Å². The molecule has 14 heavy (non-hydrogen) atoms. The molecule has 2 N–H and O–H groups in total. The summed E-state index contributed by atoms with van der Waals surface area (Å²) in [6, 6.07) is -0.166. The summed E-state index contributed by atoms with van der Waals surface area (Å²) in [6.45, 7) is 1.88. The molecule has 0 aliphatic carbocycles.